The molecule has 0 spiro atoms. The van der Waals surface area contributed by atoms with Crippen LogP contribution in [-0.2, 0) is 61.9 Å². The normalized spacial score (nSPS) is 12.2. The molecule has 2 aliphatic rings. The molecule has 756 valence electrons. The van der Waals surface area contributed by atoms with E-state index in [-0.39, 0.29) is 303 Å². The predicted octanol–water partition coefficient (Wildman–Crippen LogP) is -2.25. The van der Waals surface area contributed by atoms with Crippen LogP contribution < -0.4 is 194 Å². The Kier molecular flexibility index (Phi) is 105. The number of benzene rings is 5. The second-order valence-corrected chi connectivity index (χ2v) is 27.4. The molecule has 0 aliphatic carbocycles. The number of aromatic carboxylic acids is 1. The number of carboxylic acid groups (broad SMARTS) is 1. The Morgan fingerprint density at radius 3 is 1.06 bits per heavy atom. The van der Waals surface area contributed by atoms with Crippen LogP contribution in [0.5, 0.6) is 28.7 Å². The van der Waals surface area contributed by atoms with Crippen LogP contribution in [0.3, 0.4) is 0 Å². The van der Waals surface area contributed by atoms with Gasteiger partial charge in [-0.1, -0.05) is 52.6 Å². The second-order valence-electron chi connectivity index (χ2n) is 23.7. The van der Waals surface area contributed by atoms with Crippen molar-refractivity contribution in [1.82, 2.24) is 21.3 Å². The van der Waals surface area contributed by atoms with E-state index in [1.54, 1.807) is 115 Å². The summed E-state index contributed by atoms with van der Waals surface area (Å²) in [4.78, 5) is 89.6. The predicted molar refractivity (Wildman–Crippen MR) is 478 cm³/mol. The van der Waals surface area contributed by atoms with Gasteiger partial charge in [0, 0.05) is 64.1 Å². The number of alkyl halides is 6. The van der Waals surface area contributed by atoms with Gasteiger partial charge in [-0.25, -0.2) is 14.4 Å². The van der Waals surface area contributed by atoms with Gasteiger partial charge < -0.3 is 147 Å². The SMILES string of the molecule is C.C.C.CC1CCCO1.CCOC(=O)c1cccc(OCC(OCCO)SC#N)c1.CCOC(=O)c1cccc(OCC2OCCO2)c1.CO.N#CSC(COc1cccc(C(=O)NCCN)c1)OCCO.N#CSC(COc1cccc(C(=O)NCCNC(=O)C(F)(F)F)c1)OCCO.N#CSC(COc1cccc(C(=O)O)c1)OCCO.NCCNC(=O)C(F)(F)F.O=CO[O-].[H-].[K+].[K+].[Na+].[OH-]. The van der Waals surface area contributed by atoms with Crippen molar-refractivity contribution in [3.05, 3.63) is 149 Å². The molecular formula is C83H119F6K2N10NaO31S4. The number of nitriles is 4. The molecule has 0 bridgehead atoms. The van der Waals surface area contributed by atoms with E-state index in [2.05, 4.69) is 22.4 Å². The third-order valence-electron chi connectivity index (χ3n) is 14.2. The Labute approximate surface area is 917 Å². The van der Waals surface area contributed by atoms with E-state index in [0.29, 0.717) is 97.7 Å². The van der Waals surface area contributed by atoms with Gasteiger partial charge in [-0.2, -0.15) is 47.4 Å². The minimum absolute atomic E-state index is 0. The number of hydrogen-bond acceptors (Lipinski definition) is 40. The molecule has 54 heteroatoms. The minimum atomic E-state index is -4.97. The van der Waals surface area contributed by atoms with Gasteiger partial charge in [0.15, 0.2) is 28.0 Å². The smallest absolute Gasteiger partial charge is 1.00 e. The number of nitrogens with zero attached hydrogens (tertiary/aromatic N) is 4. The van der Waals surface area contributed by atoms with Crippen molar-refractivity contribution in [2.75, 3.05) is 165 Å². The van der Waals surface area contributed by atoms with Crippen LogP contribution in [0.15, 0.2) is 121 Å². The van der Waals surface area contributed by atoms with E-state index in [1.165, 1.54) is 43.2 Å². The standard InChI is InChI=1S/C16H18F3N3O5S.C14H19N3O4S.C14H17NO5S.C13H16O5.C12H13NO5S.C5H10O.C4H7F3N2O.CH2O3.CH4O.3CH4.2K.Na.H2O.H/c17-16(18,19)15(25)22-5-4-21-14(24)11-2-1-3-12(8-11)27-9-13(28-10-20)26-7-6-23;15-4-5-17-14(19)11-2-1-3-12(8-11)21-9-13(22-10-16)20-7-6-18;1-2-18-14(17)11-4-3-5-12(8-11)20-9-13(21-10-15)19-7-6-16;1-2-15-13(14)10-4-3-5-11(8-10)18-9-12-16-6-7-17-12;13-8-19-11(17-5-4-14)7-18-10-3-1-2-9(6-10)12(15)16;1-5-3-2-4-6-5;5-4(6,7)3(10)9-2-1-8;2-1-4-3;1-2;;;;;;;;/h1-3,8,13,23H,4-7,9H2,(H,21,24)(H,22,25);1-3,8,13,18H,4-7,9,15H2,(H,17,19);3-5,8,13,16H,2,6-7,9H2,1H3;3-5,8,12H,2,6-7,9H2,1H3;1-3,6,11,14H,4-5,7H2,(H,15,16);5H,2-4H2,1H3;1-2,8H2,(H,9,10);1,3H;2H,1H3;3*1H4;;;;1H2;/q;;;;;;;;;;;;3*+1;;-1/p-2. The molecule has 15 N–H and O–H groups in total. The quantitative estimate of drug-likeness (QED) is 0.00225. The average molecular weight is 2100 g/mol. The Morgan fingerprint density at radius 1 is 0.504 bits per heavy atom. The van der Waals surface area contributed by atoms with Gasteiger partial charge >= 0.3 is 174 Å². The molecule has 7 rings (SSSR count). The number of hydrogen-bond donors (Lipinski definition) is 12. The van der Waals surface area contributed by atoms with Gasteiger partial charge in [-0.05, 0) is 172 Å². The minimum Gasteiger partial charge on any atom is -1.00 e. The first-order chi connectivity index (χ1) is 62.4. The summed E-state index contributed by atoms with van der Waals surface area (Å²) in [5.74, 6) is -4.34. The second kappa shape index (κ2) is 96.9. The van der Waals surface area contributed by atoms with Crippen LogP contribution in [0.4, 0.5) is 26.3 Å². The van der Waals surface area contributed by atoms with Gasteiger partial charge in [-0.15, -0.1) is 0 Å². The zero-order chi connectivity index (χ0) is 97.6. The van der Waals surface area contributed by atoms with Crippen molar-refractivity contribution in [3.63, 3.8) is 0 Å². The summed E-state index contributed by atoms with van der Waals surface area (Å²) >= 11 is 3.52. The summed E-state index contributed by atoms with van der Waals surface area (Å²) in [6, 6.07) is 32.1. The molecule has 2 fully saturated rings. The third kappa shape index (κ3) is 77.7. The van der Waals surface area contributed by atoms with Crippen LogP contribution in [0.25, 0.3) is 0 Å². The zero-order valence-corrected chi connectivity index (χ0v) is 85.8. The number of carbonyl (C=O) groups excluding carboxylic acids is 7. The largest absolute Gasteiger partial charge is 1.00 e. The summed E-state index contributed by atoms with van der Waals surface area (Å²) in [6.45, 7) is 8.79. The van der Waals surface area contributed by atoms with Gasteiger partial charge in [0.1, 0.15) is 83.4 Å². The fourth-order valence-electron chi connectivity index (χ4n) is 8.66. The maximum atomic E-state index is 12.0. The Morgan fingerprint density at radius 2 is 0.788 bits per heavy atom. The van der Waals surface area contributed by atoms with E-state index in [0.717, 1.165) is 60.8 Å². The number of ether oxygens (including phenoxy) is 14. The maximum Gasteiger partial charge on any atom is 1.00 e. The molecule has 5 atom stereocenters. The number of nitrogens with two attached hydrogens (primary N) is 2. The van der Waals surface area contributed by atoms with Crippen molar-refractivity contribution in [2.24, 2.45) is 11.5 Å². The molecule has 2 heterocycles. The van der Waals surface area contributed by atoms with Crippen molar-refractivity contribution in [1.29, 1.82) is 21.0 Å². The first-order valence-corrected chi connectivity index (χ1v) is 42.0. The van der Waals surface area contributed by atoms with E-state index in [4.69, 9.17) is 140 Å². The molecule has 0 saturated carbocycles. The molecule has 41 nitrogen and oxygen atoms in total. The van der Waals surface area contributed by atoms with E-state index >= 15 is 0 Å². The number of esters is 2. The molecule has 137 heavy (non-hydrogen) atoms. The molecule has 5 unspecified atom stereocenters. The van der Waals surface area contributed by atoms with E-state index < -0.39 is 63.8 Å². The van der Waals surface area contributed by atoms with Crippen molar-refractivity contribution < 1.29 is 311 Å². The summed E-state index contributed by atoms with van der Waals surface area (Å²) in [5.41, 5.74) is 9.65. The van der Waals surface area contributed by atoms with Crippen LogP contribution in [0.2, 0.25) is 0 Å². The van der Waals surface area contributed by atoms with Crippen molar-refractivity contribution in [3.8, 4) is 50.4 Å². The molecular weight excluding hydrogens is 1980 g/mol. The number of aliphatic hydroxyl groups is 5. The first kappa shape index (κ1) is 148. The molecule has 2 aliphatic heterocycles. The maximum absolute atomic E-state index is 12.0. The number of carboxylic acids is 1. The Balaban J connectivity index is -0.000000174. The Hall–Kier alpha value is -6.57. The molecule has 0 radical (unpaired) electrons. The summed E-state index contributed by atoms with van der Waals surface area (Å²) in [6.07, 6.45) is -7.02. The first-order valence-electron chi connectivity index (χ1n) is 38.4. The monoisotopic (exact) mass is 2090 g/mol. The topological polar surface area (TPSA) is 645 Å². The molecule has 5 aromatic rings. The number of carbonyl (C=O) groups is 8. The van der Waals surface area contributed by atoms with Crippen molar-refractivity contribution in [2.45, 2.75) is 102 Å². The van der Waals surface area contributed by atoms with Gasteiger partial charge in [-0.3, -0.25) is 24.0 Å². The number of aliphatic hydroxyl groups excluding tert-OH is 5. The van der Waals surface area contributed by atoms with Crippen LogP contribution in [0.1, 0.15) is 109 Å². The van der Waals surface area contributed by atoms with E-state index in [9.17, 15) is 59.9 Å². The molecule has 0 aromatic heterocycles. The van der Waals surface area contributed by atoms with E-state index in [1.807, 2.05) is 21.6 Å². The summed E-state index contributed by atoms with van der Waals surface area (Å²) in [5, 5.41) is 110. The molecule has 2 saturated heterocycles. The van der Waals surface area contributed by atoms with Gasteiger partial charge in [0.2, 0.25) is 0 Å². The van der Waals surface area contributed by atoms with Crippen molar-refractivity contribution >= 4 is 95.1 Å². The van der Waals surface area contributed by atoms with Crippen LogP contribution in [-0.4, -0.2) is 296 Å². The molecule has 4 amide bonds. The molecule has 5 aromatic carbocycles. The number of thioether (sulfide) groups is 4. The fraction of sp³-hybridized carbons (Fsp3) is 0.494. The third-order valence-corrected chi connectivity index (χ3v) is 16.7. The average Bonchev–Trinajstić information content (AvgIpc) is 1.33. The number of nitrogens with one attached hydrogen (secondary N) is 4. The van der Waals surface area contributed by atoms with Gasteiger partial charge in [0.05, 0.1) is 102 Å². The summed E-state index contributed by atoms with van der Waals surface area (Å²) < 4.78 is 144. The number of halogens is 6. The fourth-order valence-corrected chi connectivity index (χ4v) is 10.3. The number of amides is 4. The Bertz CT molecular complexity index is 4170. The zero-order valence-electron chi connectivity index (χ0n) is 75.2. The number of thiocyanates is 4. The number of rotatable bonds is 46. The van der Waals surface area contributed by atoms with Gasteiger partial charge in [0.25, 0.3) is 18.3 Å². The van der Waals surface area contributed by atoms with Crippen LogP contribution >= 0.6 is 47.0 Å². The summed E-state index contributed by atoms with van der Waals surface area (Å²) in [7, 11) is 1.00. The van der Waals surface area contributed by atoms with Crippen LogP contribution in [0, 0.1) is 42.7 Å².